The van der Waals surface area contributed by atoms with Crippen LogP contribution in [0.1, 0.15) is 0 Å². The largest absolute Gasteiger partial charge is 0.455 e. The van der Waals surface area contributed by atoms with E-state index < -0.39 is 0 Å². The van der Waals surface area contributed by atoms with Gasteiger partial charge in [-0.1, -0.05) is 84.9 Å². The average Bonchev–Trinajstić information content (AvgIpc) is 3.66. The molecule has 0 amide bonds. The molecule has 0 unspecified atom stereocenters. The van der Waals surface area contributed by atoms with E-state index in [4.69, 9.17) is 8.83 Å². The highest BCUT2D eigenvalue weighted by Gasteiger charge is 2.23. The van der Waals surface area contributed by atoms with Gasteiger partial charge in [0.1, 0.15) is 22.3 Å². The second kappa shape index (κ2) is 7.62. The second-order valence-corrected chi connectivity index (χ2v) is 10.1. The van der Waals surface area contributed by atoms with E-state index in [0.717, 1.165) is 77.1 Å². The second-order valence-electron chi connectivity index (χ2n) is 10.1. The number of nitrogens with zero attached hydrogens (tertiary/aromatic N) is 1. The van der Waals surface area contributed by atoms with Crippen LogP contribution in [0.5, 0.6) is 0 Å². The van der Waals surface area contributed by atoms with Crippen molar-refractivity contribution >= 4 is 65.7 Å². The summed E-state index contributed by atoms with van der Waals surface area (Å²) in [4.78, 5) is 0. The van der Waals surface area contributed by atoms with Crippen LogP contribution in [0, 0.1) is 0 Å². The summed E-state index contributed by atoms with van der Waals surface area (Å²) in [6.07, 6.45) is 0. The molecule has 0 saturated carbocycles. The van der Waals surface area contributed by atoms with Gasteiger partial charge in [-0.3, -0.25) is 0 Å². The van der Waals surface area contributed by atoms with Crippen molar-refractivity contribution < 1.29 is 8.83 Å². The molecule has 9 aromatic rings. The Morgan fingerprint density at radius 3 is 1.95 bits per heavy atom. The molecule has 0 radical (unpaired) electrons. The Morgan fingerprint density at radius 1 is 0.436 bits per heavy atom. The maximum absolute atomic E-state index is 6.62. The molecule has 0 atom stereocenters. The number of benzene rings is 6. The molecule has 182 valence electrons. The maximum Gasteiger partial charge on any atom is 0.161 e. The Balaban J connectivity index is 1.46. The summed E-state index contributed by atoms with van der Waals surface area (Å²) in [5, 5.41) is 6.77. The summed E-state index contributed by atoms with van der Waals surface area (Å²) in [7, 11) is 0. The van der Waals surface area contributed by atoms with Crippen LogP contribution in [-0.4, -0.2) is 4.57 Å². The van der Waals surface area contributed by atoms with Crippen LogP contribution in [0.25, 0.3) is 82.5 Å². The van der Waals surface area contributed by atoms with E-state index in [9.17, 15) is 0 Å². The Labute approximate surface area is 223 Å². The van der Waals surface area contributed by atoms with Crippen LogP contribution in [-0.2, 0) is 0 Å². The lowest BCUT2D eigenvalue weighted by Crippen LogP contribution is -1.93. The highest BCUT2D eigenvalue weighted by Crippen LogP contribution is 2.46. The predicted molar refractivity (Wildman–Crippen MR) is 161 cm³/mol. The predicted octanol–water partition coefficient (Wildman–Crippen LogP) is 10.2. The molecule has 0 N–H and O–H groups in total. The van der Waals surface area contributed by atoms with Crippen molar-refractivity contribution in [2.75, 3.05) is 0 Å². The molecule has 3 aromatic heterocycles. The van der Waals surface area contributed by atoms with Gasteiger partial charge in [0.25, 0.3) is 0 Å². The molecule has 0 saturated heterocycles. The molecular formula is C36H21NO2. The van der Waals surface area contributed by atoms with E-state index in [1.165, 1.54) is 5.39 Å². The quantitative estimate of drug-likeness (QED) is 0.237. The van der Waals surface area contributed by atoms with Gasteiger partial charge in [0.05, 0.1) is 10.9 Å². The zero-order chi connectivity index (χ0) is 25.5. The first kappa shape index (κ1) is 20.7. The monoisotopic (exact) mass is 499 g/mol. The minimum absolute atomic E-state index is 0.878. The molecule has 6 aromatic carbocycles. The molecular weight excluding hydrogens is 478 g/mol. The minimum atomic E-state index is 0.878. The van der Waals surface area contributed by atoms with Crippen molar-refractivity contribution in [3.8, 4) is 16.8 Å². The number of rotatable bonds is 2. The molecule has 0 aliphatic rings. The van der Waals surface area contributed by atoms with E-state index in [0.29, 0.717) is 0 Å². The lowest BCUT2D eigenvalue weighted by Gasteiger charge is -2.10. The highest BCUT2D eigenvalue weighted by molar-refractivity contribution is 6.24. The maximum atomic E-state index is 6.62. The van der Waals surface area contributed by atoms with Crippen molar-refractivity contribution in [2.24, 2.45) is 0 Å². The summed E-state index contributed by atoms with van der Waals surface area (Å²) < 4.78 is 15.5. The van der Waals surface area contributed by atoms with E-state index in [1.807, 2.05) is 0 Å². The van der Waals surface area contributed by atoms with Crippen LogP contribution in [0.2, 0.25) is 0 Å². The Hall–Kier alpha value is -5.28. The topological polar surface area (TPSA) is 31.2 Å². The van der Waals surface area contributed by atoms with E-state index in [-0.39, 0.29) is 0 Å². The fourth-order valence-corrected chi connectivity index (χ4v) is 6.36. The summed E-state index contributed by atoms with van der Waals surface area (Å²) in [5.41, 5.74) is 9.20. The van der Waals surface area contributed by atoms with Crippen LogP contribution >= 0.6 is 0 Å². The van der Waals surface area contributed by atoms with E-state index >= 15 is 0 Å². The third-order valence-electron chi connectivity index (χ3n) is 8.00. The zero-order valence-electron chi connectivity index (χ0n) is 20.9. The van der Waals surface area contributed by atoms with Gasteiger partial charge >= 0.3 is 0 Å². The molecule has 0 fully saturated rings. The summed E-state index contributed by atoms with van der Waals surface area (Å²) in [6.45, 7) is 0. The standard InChI is InChI=1S/C36H21NO2/c1-2-11-23(12-3-1)37-29-17-7-6-14-27(29)36-34(37)33-26(16-9-19-31(33)39-36)25-15-8-18-30-32(25)28-21-20-22-10-4-5-13-24(22)35(28)38-30/h1-21H. The van der Waals surface area contributed by atoms with Crippen molar-refractivity contribution in [3.05, 3.63) is 127 Å². The molecule has 0 bridgehead atoms. The van der Waals surface area contributed by atoms with Crippen molar-refractivity contribution in [3.63, 3.8) is 0 Å². The number of hydrogen-bond donors (Lipinski definition) is 0. The smallest absolute Gasteiger partial charge is 0.161 e. The molecule has 9 rings (SSSR count). The number of aromatic nitrogens is 1. The first-order valence-corrected chi connectivity index (χ1v) is 13.2. The zero-order valence-corrected chi connectivity index (χ0v) is 20.9. The summed E-state index contributed by atoms with van der Waals surface area (Å²) >= 11 is 0. The molecule has 3 nitrogen and oxygen atoms in total. The van der Waals surface area contributed by atoms with Crippen LogP contribution in [0.3, 0.4) is 0 Å². The Kier molecular flexibility index (Phi) is 4.05. The van der Waals surface area contributed by atoms with Crippen LogP contribution in [0.15, 0.2) is 136 Å². The third kappa shape index (κ3) is 2.76. The fourth-order valence-electron chi connectivity index (χ4n) is 6.36. The minimum Gasteiger partial charge on any atom is -0.455 e. The number of hydrogen-bond acceptors (Lipinski definition) is 2. The molecule has 3 heterocycles. The molecule has 39 heavy (non-hydrogen) atoms. The van der Waals surface area contributed by atoms with Gasteiger partial charge in [-0.2, -0.15) is 0 Å². The van der Waals surface area contributed by atoms with Gasteiger partial charge in [-0.25, -0.2) is 0 Å². The normalized spacial score (nSPS) is 12.1. The number of furan rings is 2. The lowest BCUT2D eigenvalue weighted by atomic mass is 9.95. The van der Waals surface area contributed by atoms with Gasteiger partial charge < -0.3 is 13.4 Å². The van der Waals surface area contributed by atoms with Gasteiger partial charge in [0, 0.05) is 27.2 Å². The fraction of sp³-hybridized carbons (Fsp3) is 0. The van der Waals surface area contributed by atoms with Crippen molar-refractivity contribution in [2.45, 2.75) is 0 Å². The van der Waals surface area contributed by atoms with Crippen LogP contribution in [0.4, 0.5) is 0 Å². The Bertz CT molecular complexity index is 2390. The SMILES string of the molecule is c1ccc(-n2c3ccccc3c3oc4cccc(-c5cccc6oc7c8ccccc8ccc7c56)c4c32)cc1. The van der Waals surface area contributed by atoms with Crippen molar-refractivity contribution in [1.29, 1.82) is 0 Å². The molecule has 0 aliphatic carbocycles. The van der Waals surface area contributed by atoms with Gasteiger partial charge in [0.15, 0.2) is 5.58 Å². The highest BCUT2D eigenvalue weighted by atomic mass is 16.3. The molecule has 0 aliphatic heterocycles. The lowest BCUT2D eigenvalue weighted by molar-refractivity contribution is 0.672. The molecule has 0 spiro atoms. The summed E-state index contributed by atoms with van der Waals surface area (Å²) in [5.74, 6) is 0. The van der Waals surface area contributed by atoms with Gasteiger partial charge in [-0.15, -0.1) is 0 Å². The van der Waals surface area contributed by atoms with Crippen molar-refractivity contribution in [1.82, 2.24) is 4.57 Å². The average molecular weight is 500 g/mol. The van der Waals surface area contributed by atoms with E-state index in [2.05, 4.69) is 132 Å². The number of fused-ring (bicyclic) bond motifs is 10. The van der Waals surface area contributed by atoms with E-state index in [1.54, 1.807) is 0 Å². The van der Waals surface area contributed by atoms with Gasteiger partial charge in [-0.05, 0) is 59.0 Å². The first-order valence-electron chi connectivity index (χ1n) is 13.2. The number of para-hydroxylation sites is 2. The van der Waals surface area contributed by atoms with Crippen LogP contribution < -0.4 is 0 Å². The summed E-state index contributed by atoms with van der Waals surface area (Å²) in [6, 6.07) is 44.5. The first-order chi connectivity index (χ1) is 19.4. The Morgan fingerprint density at radius 2 is 1.10 bits per heavy atom. The third-order valence-corrected chi connectivity index (χ3v) is 8.00. The molecule has 3 heteroatoms. The van der Waals surface area contributed by atoms with Gasteiger partial charge in [0.2, 0.25) is 0 Å².